The van der Waals surface area contributed by atoms with E-state index in [1.165, 1.54) is 17.6 Å². The van der Waals surface area contributed by atoms with Crippen LogP contribution in [0.5, 0.6) is 0 Å². The van der Waals surface area contributed by atoms with E-state index >= 15 is 0 Å². The average Bonchev–Trinajstić information content (AvgIpc) is 3.15. The van der Waals surface area contributed by atoms with Crippen LogP contribution >= 0.6 is 11.3 Å². The van der Waals surface area contributed by atoms with Crippen molar-refractivity contribution < 1.29 is 18.8 Å². The molecule has 2 aromatic rings. The van der Waals surface area contributed by atoms with Gasteiger partial charge in [0.15, 0.2) is 5.76 Å². The van der Waals surface area contributed by atoms with Crippen LogP contribution in [-0.2, 0) is 16.1 Å². The highest BCUT2D eigenvalue weighted by molar-refractivity contribution is 7.14. The summed E-state index contributed by atoms with van der Waals surface area (Å²) in [4.78, 5) is 36.0. The van der Waals surface area contributed by atoms with Crippen LogP contribution in [-0.4, -0.2) is 24.1 Å². The molecule has 0 saturated carbocycles. The number of rotatable bonds is 5. The van der Waals surface area contributed by atoms with E-state index in [0.717, 1.165) is 4.88 Å². The number of nitrogens with one attached hydrogen (secondary N) is 2. The molecule has 2 amide bonds. The molecule has 0 fully saturated rings. The molecule has 0 bridgehead atoms. The predicted molar refractivity (Wildman–Crippen MR) is 77.0 cm³/mol. The molecule has 2 heterocycles. The summed E-state index contributed by atoms with van der Waals surface area (Å²) in [5, 5.41) is 4.90. The normalized spacial score (nSPS) is 10.1. The van der Waals surface area contributed by atoms with Crippen molar-refractivity contribution >= 4 is 28.9 Å². The van der Waals surface area contributed by atoms with Crippen molar-refractivity contribution in [3.05, 3.63) is 46.0 Å². The molecule has 6 nitrogen and oxygen atoms in total. The van der Waals surface area contributed by atoms with Gasteiger partial charge in [-0.25, -0.2) is 0 Å². The maximum atomic E-state index is 12.0. The van der Waals surface area contributed by atoms with Crippen molar-refractivity contribution in [3.8, 4) is 0 Å². The van der Waals surface area contributed by atoms with Crippen LogP contribution in [0.2, 0.25) is 0 Å². The lowest BCUT2D eigenvalue weighted by atomic mass is 10.2. The Bertz CT molecular complexity index is 646. The third-order valence-corrected chi connectivity index (χ3v) is 3.68. The van der Waals surface area contributed by atoms with Gasteiger partial charge in [-0.2, -0.15) is 0 Å². The summed E-state index contributed by atoms with van der Waals surface area (Å²) in [6.45, 7) is 2.33. The third kappa shape index (κ3) is 3.79. The number of likely N-dealkylation sites (N-methyl/N-ethyl adjacent to an activating group) is 1. The molecule has 2 aromatic heterocycles. The van der Waals surface area contributed by atoms with Crippen LogP contribution in [0.3, 0.4) is 0 Å². The topological polar surface area (TPSA) is 88.4 Å². The fourth-order valence-electron chi connectivity index (χ4n) is 1.61. The minimum absolute atomic E-state index is 0.200. The first kappa shape index (κ1) is 15.0. The second-order valence-electron chi connectivity index (χ2n) is 4.11. The van der Waals surface area contributed by atoms with Gasteiger partial charge in [0.2, 0.25) is 5.78 Å². The van der Waals surface area contributed by atoms with E-state index in [-0.39, 0.29) is 18.1 Å². The zero-order chi connectivity index (χ0) is 15.2. The maximum absolute atomic E-state index is 12.0. The van der Waals surface area contributed by atoms with E-state index in [4.69, 9.17) is 4.42 Å². The molecule has 0 aliphatic heterocycles. The Morgan fingerprint density at radius 2 is 1.90 bits per heavy atom. The molecule has 0 spiro atoms. The van der Waals surface area contributed by atoms with Crippen molar-refractivity contribution in [2.75, 3.05) is 6.54 Å². The lowest BCUT2D eigenvalue weighted by Gasteiger charge is -2.02. The van der Waals surface area contributed by atoms with Gasteiger partial charge in [0.25, 0.3) is 0 Å². The Morgan fingerprint density at radius 3 is 2.57 bits per heavy atom. The van der Waals surface area contributed by atoms with Crippen LogP contribution in [0.4, 0.5) is 0 Å². The van der Waals surface area contributed by atoms with Gasteiger partial charge >= 0.3 is 11.8 Å². The van der Waals surface area contributed by atoms with E-state index in [0.29, 0.717) is 11.4 Å². The van der Waals surface area contributed by atoms with Crippen molar-refractivity contribution in [1.29, 1.82) is 0 Å². The molecule has 0 unspecified atom stereocenters. The van der Waals surface area contributed by atoms with Gasteiger partial charge < -0.3 is 15.1 Å². The van der Waals surface area contributed by atoms with E-state index in [1.54, 1.807) is 31.2 Å². The Labute approximate surface area is 125 Å². The highest BCUT2D eigenvalue weighted by Crippen LogP contribution is 2.20. The maximum Gasteiger partial charge on any atom is 0.309 e. The number of amides is 2. The number of hydrogen-bond acceptors (Lipinski definition) is 5. The molecule has 0 aromatic carbocycles. The second-order valence-corrected chi connectivity index (χ2v) is 5.28. The van der Waals surface area contributed by atoms with Gasteiger partial charge in [0.05, 0.1) is 17.7 Å². The second kappa shape index (κ2) is 6.85. The first-order valence-electron chi connectivity index (χ1n) is 6.34. The first-order chi connectivity index (χ1) is 10.1. The molecule has 110 valence electrons. The smallest absolute Gasteiger partial charge is 0.309 e. The van der Waals surface area contributed by atoms with E-state index < -0.39 is 11.8 Å². The zero-order valence-electron chi connectivity index (χ0n) is 11.3. The van der Waals surface area contributed by atoms with Gasteiger partial charge in [-0.05, 0) is 31.2 Å². The molecule has 0 aliphatic rings. The predicted octanol–water partition coefficient (Wildman–Crippen LogP) is 1.32. The Balaban J connectivity index is 1.93. The van der Waals surface area contributed by atoms with E-state index in [9.17, 15) is 14.4 Å². The van der Waals surface area contributed by atoms with Crippen LogP contribution in [0.15, 0.2) is 34.9 Å². The van der Waals surface area contributed by atoms with Gasteiger partial charge in [-0.1, -0.05) is 0 Å². The number of ketones is 1. The number of carbonyl (C=O) groups is 3. The summed E-state index contributed by atoms with van der Waals surface area (Å²) in [7, 11) is 0. The lowest BCUT2D eigenvalue weighted by molar-refractivity contribution is -0.139. The molecule has 2 rings (SSSR count). The van der Waals surface area contributed by atoms with Crippen molar-refractivity contribution in [2.45, 2.75) is 13.5 Å². The fourth-order valence-corrected chi connectivity index (χ4v) is 2.50. The van der Waals surface area contributed by atoms with Crippen LogP contribution in [0.25, 0.3) is 0 Å². The molecular formula is C14H14N2O4S. The fraction of sp³-hybridized carbons (Fsp3) is 0.214. The van der Waals surface area contributed by atoms with E-state index in [1.807, 2.05) is 0 Å². The Kier molecular flexibility index (Phi) is 4.89. The summed E-state index contributed by atoms with van der Waals surface area (Å²) in [5.41, 5.74) is 0. The number of hydrogen-bond donors (Lipinski definition) is 2. The minimum Gasteiger partial charge on any atom is -0.461 e. The number of thiophene rings is 1. The number of furan rings is 1. The summed E-state index contributed by atoms with van der Waals surface area (Å²) in [6.07, 6.45) is 1.44. The van der Waals surface area contributed by atoms with Crippen LogP contribution in [0, 0.1) is 0 Å². The highest BCUT2D eigenvalue weighted by atomic mass is 32.1. The Hall–Kier alpha value is -2.41. The average molecular weight is 306 g/mol. The molecule has 2 N–H and O–H groups in total. The SMILES string of the molecule is CCNC(=O)C(=O)NCc1ccc(C(=O)c2ccco2)s1. The zero-order valence-corrected chi connectivity index (χ0v) is 12.2. The highest BCUT2D eigenvalue weighted by Gasteiger charge is 2.16. The van der Waals surface area contributed by atoms with Gasteiger partial charge in [-0.3, -0.25) is 14.4 Å². The molecule has 0 saturated heterocycles. The van der Waals surface area contributed by atoms with Crippen LogP contribution in [0.1, 0.15) is 27.2 Å². The van der Waals surface area contributed by atoms with Gasteiger partial charge in [0.1, 0.15) is 0 Å². The van der Waals surface area contributed by atoms with Crippen molar-refractivity contribution in [2.24, 2.45) is 0 Å². The molecule has 21 heavy (non-hydrogen) atoms. The minimum atomic E-state index is -0.691. The monoisotopic (exact) mass is 306 g/mol. The molecule has 7 heteroatoms. The molecular weight excluding hydrogens is 292 g/mol. The van der Waals surface area contributed by atoms with Gasteiger partial charge in [0, 0.05) is 11.4 Å². The quantitative estimate of drug-likeness (QED) is 0.644. The summed E-state index contributed by atoms with van der Waals surface area (Å²) in [6, 6.07) is 6.65. The third-order valence-electron chi connectivity index (χ3n) is 2.60. The summed E-state index contributed by atoms with van der Waals surface area (Å²) < 4.78 is 5.05. The van der Waals surface area contributed by atoms with E-state index in [2.05, 4.69) is 10.6 Å². The standard InChI is InChI=1S/C14H14N2O4S/c1-2-15-13(18)14(19)16-8-9-5-6-11(21-9)12(17)10-4-3-7-20-10/h3-7H,2,8H2,1H3,(H,15,18)(H,16,19). The summed E-state index contributed by atoms with van der Waals surface area (Å²) in [5.74, 6) is -1.29. The molecule has 0 aliphatic carbocycles. The number of carbonyl (C=O) groups excluding carboxylic acids is 3. The van der Waals surface area contributed by atoms with Crippen LogP contribution < -0.4 is 10.6 Å². The Morgan fingerprint density at radius 1 is 1.14 bits per heavy atom. The van der Waals surface area contributed by atoms with Crippen molar-refractivity contribution in [1.82, 2.24) is 10.6 Å². The summed E-state index contributed by atoms with van der Waals surface area (Å²) >= 11 is 1.25. The molecule has 0 atom stereocenters. The molecule has 0 radical (unpaired) electrons. The van der Waals surface area contributed by atoms with Gasteiger partial charge in [-0.15, -0.1) is 11.3 Å². The van der Waals surface area contributed by atoms with Crippen molar-refractivity contribution in [3.63, 3.8) is 0 Å². The first-order valence-corrected chi connectivity index (χ1v) is 7.16. The largest absolute Gasteiger partial charge is 0.461 e. The lowest BCUT2D eigenvalue weighted by Crippen LogP contribution is -2.39.